The first kappa shape index (κ1) is 12.3. The quantitative estimate of drug-likeness (QED) is 0.746. The molecule has 88 valence electrons. The van der Waals surface area contributed by atoms with E-state index in [2.05, 4.69) is 6.92 Å². The Kier molecular flexibility index (Phi) is 3.65. The van der Waals surface area contributed by atoms with Gasteiger partial charge in [-0.3, -0.25) is 4.79 Å². The van der Waals surface area contributed by atoms with Gasteiger partial charge >= 0.3 is 0 Å². The standard InChI is InChI=1S/C14H13ClOS/c1-3-10-6-7-17-14(10)13(16)11-5-4-9(2)12(15)8-11/h4-8H,3H2,1-2H3. The van der Waals surface area contributed by atoms with E-state index in [4.69, 9.17) is 11.6 Å². The van der Waals surface area contributed by atoms with Crippen molar-refractivity contribution in [2.75, 3.05) is 0 Å². The SMILES string of the molecule is CCc1ccsc1C(=O)c1ccc(C)c(Cl)c1. The van der Waals surface area contributed by atoms with E-state index in [9.17, 15) is 4.79 Å². The number of carbonyl (C=O) groups is 1. The molecule has 0 amide bonds. The second-order valence-electron chi connectivity index (χ2n) is 3.92. The van der Waals surface area contributed by atoms with Crippen LogP contribution in [-0.4, -0.2) is 5.78 Å². The second-order valence-corrected chi connectivity index (χ2v) is 5.24. The average molecular weight is 265 g/mol. The number of halogens is 1. The van der Waals surface area contributed by atoms with Gasteiger partial charge in [-0.1, -0.05) is 30.7 Å². The van der Waals surface area contributed by atoms with Gasteiger partial charge in [0.25, 0.3) is 0 Å². The Morgan fingerprint density at radius 1 is 1.35 bits per heavy atom. The third kappa shape index (κ3) is 2.43. The summed E-state index contributed by atoms with van der Waals surface area (Å²) < 4.78 is 0. The van der Waals surface area contributed by atoms with Crippen LogP contribution in [0.1, 0.15) is 33.3 Å². The van der Waals surface area contributed by atoms with Gasteiger partial charge in [-0.2, -0.15) is 0 Å². The molecule has 17 heavy (non-hydrogen) atoms. The maximum absolute atomic E-state index is 12.3. The van der Waals surface area contributed by atoms with E-state index >= 15 is 0 Å². The summed E-state index contributed by atoms with van der Waals surface area (Å²) in [4.78, 5) is 13.1. The summed E-state index contributed by atoms with van der Waals surface area (Å²) in [5.41, 5.74) is 2.76. The molecule has 1 heterocycles. The molecule has 1 aromatic carbocycles. The molecule has 0 unspecified atom stereocenters. The van der Waals surface area contributed by atoms with Crippen LogP contribution < -0.4 is 0 Å². The molecular formula is C14H13ClOS. The van der Waals surface area contributed by atoms with Gasteiger partial charge in [0.2, 0.25) is 5.78 Å². The van der Waals surface area contributed by atoms with E-state index in [1.54, 1.807) is 6.07 Å². The number of hydrogen-bond acceptors (Lipinski definition) is 2. The van der Waals surface area contributed by atoms with Crippen molar-refractivity contribution in [3.05, 3.63) is 56.2 Å². The van der Waals surface area contributed by atoms with Crippen molar-refractivity contribution in [1.29, 1.82) is 0 Å². The zero-order valence-corrected chi connectivity index (χ0v) is 11.4. The van der Waals surface area contributed by atoms with Gasteiger partial charge < -0.3 is 0 Å². The van der Waals surface area contributed by atoms with Crippen LogP contribution in [0.5, 0.6) is 0 Å². The van der Waals surface area contributed by atoms with Gasteiger partial charge in [0, 0.05) is 10.6 Å². The fourth-order valence-electron chi connectivity index (χ4n) is 1.68. The molecule has 0 N–H and O–H groups in total. The van der Waals surface area contributed by atoms with Gasteiger partial charge in [-0.15, -0.1) is 11.3 Å². The molecule has 0 radical (unpaired) electrons. The minimum atomic E-state index is 0.0683. The predicted octanol–water partition coefficient (Wildman–Crippen LogP) is 4.50. The molecule has 1 nitrogen and oxygen atoms in total. The Balaban J connectivity index is 2.40. The van der Waals surface area contributed by atoms with Crippen molar-refractivity contribution in [3.63, 3.8) is 0 Å². The van der Waals surface area contributed by atoms with Gasteiger partial charge in [0.1, 0.15) is 0 Å². The fourth-order valence-corrected chi connectivity index (χ4v) is 2.82. The lowest BCUT2D eigenvalue weighted by molar-refractivity contribution is 0.104. The summed E-state index contributed by atoms with van der Waals surface area (Å²) in [5, 5.41) is 2.60. The van der Waals surface area contributed by atoms with E-state index in [1.165, 1.54) is 11.3 Å². The normalized spacial score (nSPS) is 10.5. The van der Waals surface area contributed by atoms with Crippen molar-refractivity contribution in [3.8, 4) is 0 Å². The molecule has 0 aliphatic heterocycles. The van der Waals surface area contributed by atoms with Gasteiger partial charge in [0.15, 0.2) is 0 Å². The highest BCUT2D eigenvalue weighted by atomic mass is 35.5. The number of hydrogen-bond donors (Lipinski definition) is 0. The first-order chi connectivity index (χ1) is 8.13. The van der Waals surface area contributed by atoms with Crippen LogP contribution in [-0.2, 0) is 6.42 Å². The Bertz CT molecular complexity index is 557. The van der Waals surface area contributed by atoms with E-state index in [0.717, 1.165) is 22.4 Å². The molecule has 0 spiro atoms. The third-order valence-corrected chi connectivity index (χ3v) is 4.13. The molecule has 3 heteroatoms. The average Bonchev–Trinajstić information content (AvgIpc) is 2.80. The van der Waals surface area contributed by atoms with Crippen LogP contribution in [0.25, 0.3) is 0 Å². The molecule has 0 fully saturated rings. The molecule has 0 atom stereocenters. The summed E-state index contributed by atoms with van der Waals surface area (Å²) in [6.07, 6.45) is 0.879. The molecule has 2 aromatic rings. The van der Waals surface area contributed by atoms with Gasteiger partial charge in [0.05, 0.1) is 4.88 Å². The van der Waals surface area contributed by atoms with E-state index in [1.807, 2.05) is 30.5 Å². The maximum Gasteiger partial charge on any atom is 0.203 e. The minimum Gasteiger partial charge on any atom is -0.288 e. The van der Waals surface area contributed by atoms with Gasteiger partial charge in [-0.25, -0.2) is 0 Å². The third-order valence-electron chi connectivity index (χ3n) is 2.77. The van der Waals surface area contributed by atoms with Crippen LogP contribution in [0.3, 0.4) is 0 Å². The first-order valence-corrected chi connectivity index (χ1v) is 6.76. The zero-order chi connectivity index (χ0) is 12.4. The Hall–Kier alpha value is -1.12. The smallest absolute Gasteiger partial charge is 0.203 e. The van der Waals surface area contributed by atoms with Crippen molar-refractivity contribution < 1.29 is 4.79 Å². The van der Waals surface area contributed by atoms with Crippen molar-refractivity contribution >= 4 is 28.7 Å². The first-order valence-electron chi connectivity index (χ1n) is 5.50. The number of aryl methyl sites for hydroxylation is 2. The molecule has 1 aromatic heterocycles. The molecule has 0 aliphatic carbocycles. The highest BCUT2D eigenvalue weighted by Crippen LogP contribution is 2.24. The molecule has 2 rings (SSSR count). The summed E-state index contributed by atoms with van der Waals surface area (Å²) in [6.45, 7) is 3.99. The Labute approximate surface area is 110 Å². The second kappa shape index (κ2) is 5.03. The summed E-state index contributed by atoms with van der Waals surface area (Å²) in [5.74, 6) is 0.0683. The van der Waals surface area contributed by atoms with Crippen LogP contribution in [0.4, 0.5) is 0 Å². The molecule has 0 bridgehead atoms. The topological polar surface area (TPSA) is 17.1 Å². The number of ketones is 1. The van der Waals surface area contributed by atoms with E-state index < -0.39 is 0 Å². The van der Waals surface area contributed by atoms with Crippen molar-refractivity contribution in [1.82, 2.24) is 0 Å². The summed E-state index contributed by atoms with van der Waals surface area (Å²) in [6, 6.07) is 7.48. The molecule has 0 saturated carbocycles. The van der Waals surface area contributed by atoms with E-state index in [-0.39, 0.29) is 5.78 Å². The number of carbonyl (C=O) groups excluding carboxylic acids is 1. The lowest BCUT2D eigenvalue weighted by atomic mass is 10.0. The fraction of sp³-hybridized carbons (Fsp3) is 0.214. The van der Waals surface area contributed by atoms with Crippen LogP contribution in [0.15, 0.2) is 29.6 Å². The van der Waals surface area contributed by atoms with Crippen LogP contribution >= 0.6 is 22.9 Å². The summed E-state index contributed by atoms with van der Waals surface area (Å²) in [7, 11) is 0. The monoisotopic (exact) mass is 264 g/mol. The van der Waals surface area contributed by atoms with Gasteiger partial charge in [-0.05, 0) is 42.0 Å². The van der Waals surface area contributed by atoms with Crippen molar-refractivity contribution in [2.24, 2.45) is 0 Å². The molecule has 0 saturated heterocycles. The van der Waals surface area contributed by atoms with E-state index in [0.29, 0.717) is 10.6 Å². The van der Waals surface area contributed by atoms with Crippen LogP contribution in [0, 0.1) is 6.92 Å². The lowest BCUT2D eigenvalue weighted by Crippen LogP contribution is -2.01. The number of benzene rings is 1. The Morgan fingerprint density at radius 2 is 2.12 bits per heavy atom. The largest absolute Gasteiger partial charge is 0.288 e. The Morgan fingerprint density at radius 3 is 2.76 bits per heavy atom. The maximum atomic E-state index is 12.3. The number of rotatable bonds is 3. The zero-order valence-electron chi connectivity index (χ0n) is 9.79. The van der Waals surface area contributed by atoms with Crippen molar-refractivity contribution in [2.45, 2.75) is 20.3 Å². The summed E-state index contributed by atoms with van der Waals surface area (Å²) >= 11 is 7.54. The van der Waals surface area contributed by atoms with Crippen LogP contribution in [0.2, 0.25) is 5.02 Å². The lowest BCUT2D eigenvalue weighted by Gasteiger charge is -2.03. The molecular weight excluding hydrogens is 252 g/mol. The predicted molar refractivity (Wildman–Crippen MR) is 73.3 cm³/mol. The molecule has 0 aliphatic rings. The minimum absolute atomic E-state index is 0.0683. The highest BCUT2D eigenvalue weighted by Gasteiger charge is 2.14. The highest BCUT2D eigenvalue weighted by molar-refractivity contribution is 7.12. The number of thiophene rings is 1.